The molecule has 0 amide bonds. The Kier molecular flexibility index (Phi) is 3.78. The van der Waals surface area contributed by atoms with Gasteiger partial charge < -0.3 is 5.32 Å². The Morgan fingerprint density at radius 1 is 1.21 bits per heavy atom. The summed E-state index contributed by atoms with van der Waals surface area (Å²) in [5.74, 6) is 0. The zero-order chi connectivity index (χ0) is 16.7. The summed E-state index contributed by atoms with van der Waals surface area (Å²) in [6, 6.07) is 7.61. The molecule has 0 aliphatic carbocycles. The molecule has 0 unspecified atom stereocenters. The first-order chi connectivity index (χ1) is 11.6. The fourth-order valence-corrected chi connectivity index (χ4v) is 4.20. The van der Waals surface area contributed by atoms with E-state index in [0.717, 1.165) is 32.3 Å². The van der Waals surface area contributed by atoms with Gasteiger partial charge in [0.2, 0.25) is 4.96 Å². The molecule has 0 radical (unpaired) electrons. The van der Waals surface area contributed by atoms with Gasteiger partial charge in [-0.15, -0.1) is 11.3 Å². The van der Waals surface area contributed by atoms with Crippen LogP contribution in [0.15, 0.2) is 29.1 Å². The van der Waals surface area contributed by atoms with Crippen LogP contribution in [0.1, 0.15) is 22.6 Å². The quantitative estimate of drug-likeness (QED) is 0.607. The number of hydrogen-bond acceptors (Lipinski definition) is 7. The van der Waals surface area contributed by atoms with Gasteiger partial charge in [0.05, 0.1) is 27.5 Å². The lowest BCUT2D eigenvalue weighted by Gasteiger charge is -2.05. The second kappa shape index (κ2) is 5.95. The van der Waals surface area contributed by atoms with Crippen molar-refractivity contribution in [3.8, 4) is 0 Å². The smallest absolute Gasteiger partial charge is 0.275 e. The maximum atomic E-state index is 12.2. The van der Waals surface area contributed by atoms with Crippen LogP contribution in [-0.4, -0.2) is 19.6 Å². The largest absolute Gasteiger partial charge is 0.379 e. The first kappa shape index (κ1) is 15.2. The average Bonchev–Trinajstić information content (AvgIpc) is 3.14. The Balaban J connectivity index is 1.59. The van der Waals surface area contributed by atoms with Crippen molar-refractivity contribution < 1.29 is 0 Å². The van der Waals surface area contributed by atoms with E-state index >= 15 is 0 Å². The molecule has 0 fully saturated rings. The van der Waals surface area contributed by atoms with Crippen LogP contribution in [0.5, 0.6) is 0 Å². The number of rotatable bonds is 4. The van der Waals surface area contributed by atoms with Crippen LogP contribution in [0.3, 0.4) is 0 Å². The monoisotopic (exact) mass is 357 g/mol. The number of thiazole rings is 1. The van der Waals surface area contributed by atoms with Gasteiger partial charge in [-0.2, -0.15) is 9.61 Å². The second-order valence-corrected chi connectivity index (χ2v) is 7.67. The summed E-state index contributed by atoms with van der Waals surface area (Å²) in [6.07, 6.45) is 0.801. The molecule has 0 saturated heterocycles. The first-order valence-corrected chi connectivity index (χ1v) is 9.25. The fourth-order valence-electron chi connectivity index (χ4n) is 2.47. The summed E-state index contributed by atoms with van der Waals surface area (Å²) < 4.78 is 2.52. The van der Waals surface area contributed by atoms with Crippen molar-refractivity contribution in [3.05, 3.63) is 50.3 Å². The van der Waals surface area contributed by atoms with Crippen LogP contribution in [0.4, 0.5) is 5.69 Å². The minimum Gasteiger partial charge on any atom is -0.379 e. The SMILES string of the molecule is CCc1nn2c(=O)cc(CNc3ccc4nc(C)sc4c3)nc2s1. The number of benzene rings is 1. The predicted molar refractivity (Wildman–Crippen MR) is 98.2 cm³/mol. The third kappa shape index (κ3) is 2.78. The summed E-state index contributed by atoms with van der Waals surface area (Å²) in [5, 5.41) is 9.56. The van der Waals surface area contributed by atoms with Crippen LogP contribution >= 0.6 is 22.7 Å². The standard InChI is InChI=1S/C16H15N5OS2/c1-3-14-20-21-15(22)7-11(19-16(21)24-14)8-17-10-4-5-12-13(6-10)23-9(2)18-12/h4-7,17H,3,8H2,1-2H3. The van der Waals surface area contributed by atoms with E-state index in [1.807, 2.05) is 26.0 Å². The molecule has 6 nitrogen and oxygen atoms in total. The van der Waals surface area contributed by atoms with E-state index in [-0.39, 0.29) is 5.56 Å². The molecule has 1 N–H and O–H groups in total. The molecule has 24 heavy (non-hydrogen) atoms. The summed E-state index contributed by atoms with van der Waals surface area (Å²) in [4.78, 5) is 21.8. The van der Waals surface area contributed by atoms with Crippen molar-refractivity contribution in [3.63, 3.8) is 0 Å². The molecule has 4 aromatic rings. The molecular formula is C16H15N5OS2. The van der Waals surface area contributed by atoms with Gasteiger partial charge in [-0.3, -0.25) is 4.79 Å². The highest BCUT2D eigenvalue weighted by molar-refractivity contribution is 7.18. The maximum Gasteiger partial charge on any atom is 0.275 e. The van der Waals surface area contributed by atoms with Crippen molar-refractivity contribution in [1.29, 1.82) is 0 Å². The molecular weight excluding hydrogens is 342 g/mol. The molecule has 0 aliphatic rings. The Morgan fingerprint density at radius 2 is 2.08 bits per heavy atom. The Labute approximate surface area is 145 Å². The highest BCUT2D eigenvalue weighted by Gasteiger charge is 2.08. The van der Waals surface area contributed by atoms with Gasteiger partial charge >= 0.3 is 0 Å². The minimum absolute atomic E-state index is 0.138. The van der Waals surface area contributed by atoms with E-state index < -0.39 is 0 Å². The van der Waals surface area contributed by atoms with Gasteiger partial charge in [0.15, 0.2) is 0 Å². The van der Waals surface area contributed by atoms with Gasteiger partial charge in [0.25, 0.3) is 5.56 Å². The molecule has 122 valence electrons. The van der Waals surface area contributed by atoms with E-state index in [2.05, 4.69) is 26.4 Å². The molecule has 0 atom stereocenters. The second-order valence-electron chi connectivity index (χ2n) is 5.40. The number of hydrogen-bond donors (Lipinski definition) is 1. The number of aromatic nitrogens is 4. The lowest BCUT2D eigenvalue weighted by atomic mass is 10.3. The van der Waals surface area contributed by atoms with Crippen LogP contribution in [0.2, 0.25) is 0 Å². The van der Waals surface area contributed by atoms with E-state index in [4.69, 9.17) is 0 Å². The van der Waals surface area contributed by atoms with Gasteiger partial charge in [0.1, 0.15) is 5.01 Å². The molecule has 3 heterocycles. The lowest BCUT2D eigenvalue weighted by Crippen LogP contribution is -2.16. The number of aryl methyl sites for hydroxylation is 2. The third-order valence-electron chi connectivity index (χ3n) is 3.61. The molecule has 0 aliphatic heterocycles. The van der Waals surface area contributed by atoms with E-state index in [1.165, 1.54) is 21.9 Å². The molecule has 0 saturated carbocycles. The van der Waals surface area contributed by atoms with Crippen LogP contribution < -0.4 is 10.9 Å². The molecule has 8 heteroatoms. The zero-order valence-electron chi connectivity index (χ0n) is 13.2. The van der Waals surface area contributed by atoms with Gasteiger partial charge in [-0.1, -0.05) is 18.3 Å². The summed E-state index contributed by atoms with van der Waals surface area (Å²) in [5.41, 5.74) is 2.58. The fraction of sp³-hybridized carbons (Fsp3) is 0.250. The van der Waals surface area contributed by atoms with E-state index in [1.54, 1.807) is 11.3 Å². The number of nitrogens with zero attached hydrogens (tertiary/aromatic N) is 4. The number of fused-ring (bicyclic) bond motifs is 2. The molecule has 0 spiro atoms. The van der Waals surface area contributed by atoms with Gasteiger partial charge in [-0.25, -0.2) is 9.97 Å². The Bertz CT molecular complexity index is 1090. The molecule has 3 aromatic heterocycles. The van der Waals surface area contributed by atoms with Crippen molar-refractivity contribution >= 4 is 43.5 Å². The normalized spacial score (nSPS) is 11.4. The summed E-state index contributed by atoms with van der Waals surface area (Å²) in [7, 11) is 0. The topological polar surface area (TPSA) is 72.2 Å². The summed E-state index contributed by atoms with van der Waals surface area (Å²) in [6.45, 7) is 4.51. The van der Waals surface area contributed by atoms with Crippen molar-refractivity contribution in [2.24, 2.45) is 0 Å². The van der Waals surface area contributed by atoms with E-state index in [0.29, 0.717) is 17.2 Å². The average molecular weight is 357 g/mol. The van der Waals surface area contributed by atoms with E-state index in [9.17, 15) is 4.79 Å². The van der Waals surface area contributed by atoms with Crippen LogP contribution in [0.25, 0.3) is 15.2 Å². The molecule has 4 rings (SSSR count). The van der Waals surface area contributed by atoms with Crippen molar-refractivity contribution in [2.45, 2.75) is 26.8 Å². The number of nitrogens with one attached hydrogen (secondary N) is 1. The molecule has 0 bridgehead atoms. The zero-order valence-corrected chi connectivity index (χ0v) is 14.9. The molecule has 1 aromatic carbocycles. The van der Waals surface area contributed by atoms with Crippen LogP contribution in [0, 0.1) is 6.92 Å². The third-order valence-corrected chi connectivity index (χ3v) is 5.60. The highest BCUT2D eigenvalue weighted by atomic mass is 32.1. The lowest BCUT2D eigenvalue weighted by molar-refractivity contribution is 0.846. The van der Waals surface area contributed by atoms with Crippen molar-refractivity contribution in [1.82, 2.24) is 19.6 Å². The highest BCUT2D eigenvalue weighted by Crippen LogP contribution is 2.25. The van der Waals surface area contributed by atoms with Crippen molar-refractivity contribution in [2.75, 3.05) is 5.32 Å². The van der Waals surface area contributed by atoms with Crippen LogP contribution in [-0.2, 0) is 13.0 Å². The van der Waals surface area contributed by atoms with Gasteiger partial charge in [0, 0.05) is 11.8 Å². The first-order valence-electron chi connectivity index (χ1n) is 7.62. The Hall–Kier alpha value is -2.32. The maximum absolute atomic E-state index is 12.2. The minimum atomic E-state index is -0.138. The Morgan fingerprint density at radius 3 is 2.92 bits per heavy atom. The summed E-state index contributed by atoms with van der Waals surface area (Å²) >= 11 is 3.13. The number of anilines is 1. The van der Waals surface area contributed by atoms with Gasteiger partial charge in [-0.05, 0) is 31.5 Å². The predicted octanol–water partition coefficient (Wildman–Crippen LogP) is 3.24.